The van der Waals surface area contributed by atoms with Crippen LogP contribution >= 0.6 is 0 Å². The first-order valence-electron chi connectivity index (χ1n) is 13.4. The summed E-state index contributed by atoms with van der Waals surface area (Å²) in [7, 11) is 0. The van der Waals surface area contributed by atoms with Gasteiger partial charge in [0.05, 0.1) is 0 Å². The molecule has 0 fully saturated rings. The number of allylic oxidation sites excluding steroid dienone is 1. The zero-order valence-electron chi connectivity index (χ0n) is 20.4. The Kier molecular flexibility index (Phi) is 23.4. The smallest absolute Gasteiger partial charge is 0.0326 e. The molecule has 0 radical (unpaired) electrons. The fourth-order valence-electron chi connectivity index (χ4n) is 4.24. The van der Waals surface area contributed by atoms with Crippen molar-refractivity contribution in [3.8, 4) is 0 Å². The van der Waals surface area contributed by atoms with Crippen molar-refractivity contribution in [2.24, 2.45) is 11.5 Å². The second-order valence-corrected chi connectivity index (χ2v) is 9.20. The first kappa shape index (κ1) is 28.5. The van der Waals surface area contributed by atoms with Crippen LogP contribution in [0.1, 0.15) is 155 Å². The fraction of sp³-hybridized carbons (Fsp3) is 0.926. The maximum absolute atomic E-state index is 6.21. The van der Waals surface area contributed by atoms with Crippen molar-refractivity contribution in [2.45, 2.75) is 155 Å². The molecule has 29 heavy (non-hydrogen) atoms. The molecule has 0 aromatic carbocycles. The van der Waals surface area contributed by atoms with Gasteiger partial charge in [-0.3, -0.25) is 0 Å². The summed E-state index contributed by atoms with van der Waals surface area (Å²) < 4.78 is 0. The van der Waals surface area contributed by atoms with Crippen molar-refractivity contribution in [1.29, 1.82) is 0 Å². The van der Waals surface area contributed by atoms with Gasteiger partial charge >= 0.3 is 0 Å². The molecule has 0 heterocycles. The monoisotopic (exact) mass is 408 g/mol. The summed E-state index contributed by atoms with van der Waals surface area (Å²) in [6, 6.07) is 0. The molecule has 0 atom stereocenters. The van der Waals surface area contributed by atoms with Crippen molar-refractivity contribution in [3.05, 3.63) is 11.3 Å². The van der Waals surface area contributed by atoms with Crippen LogP contribution in [-0.2, 0) is 0 Å². The van der Waals surface area contributed by atoms with E-state index in [2.05, 4.69) is 13.8 Å². The Morgan fingerprint density at radius 3 is 1.00 bits per heavy atom. The number of rotatable bonds is 23. The summed E-state index contributed by atoms with van der Waals surface area (Å²) in [6.07, 6.45) is 30.2. The minimum Gasteiger partial charge on any atom is -0.401 e. The lowest BCUT2D eigenvalue weighted by Gasteiger charge is -2.11. The van der Waals surface area contributed by atoms with E-state index >= 15 is 0 Å². The Morgan fingerprint density at radius 1 is 0.448 bits per heavy atom. The third-order valence-corrected chi connectivity index (χ3v) is 6.34. The van der Waals surface area contributed by atoms with Crippen LogP contribution in [0.5, 0.6) is 0 Å². The molecule has 0 amide bonds. The fourth-order valence-corrected chi connectivity index (χ4v) is 4.24. The molecule has 0 aliphatic heterocycles. The van der Waals surface area contributed by atoms with Crippen LogP contribution < -0.4 is 11.5 Å². The van der Waals surface area contributed by atoms with Gasteiger partial charge in [0.15, 0.2) is 0 Å². The van der Waals surface area contributed by atoms with Crippen LogP contribution in [0, 0.1) is 0 Å². The number of hydrogen-bond acceptors (Lipinski definition) is 2. The van der Waals surface area contributed by atoms with Gasteiger partial charge in [0.2, 0.25) is 0 Å². The number of hydrogen-bond donors (Lipinski definition) is 2. The highest BCUT2D eigenvalue weighted by Crippen LogP contribution is 2.20. The van der Waals surface area contributed by atoms with Crippen molar-refractivity contribution < 1.29 is 0 Å². The highest BCUT2D eigenvalue weighted by atomic mass is 14.7. The lowest BCUT2D eigenvalue weighted by Crippen LogP contribution is -2.14. The molecule has 0 rings (SSSR count). The normalized spacial score (nSPS) is 11.1. The molecule has 0 bridgehead atoms. The van der Waals surface area contributed by atoms with Gasteiger partial charge in [-0.2, -0.15) is 0 Å². The quantitative estimate of drug-likeness (QED) is 0.166. The lowest BCUT2D eigenvalue weighted by atomic mass is 9.97. The zero-order chi connectivity index (χ0) is 21.4. The molecule has 0 unspecified atom stereocenters. The SMILES string of the molecule is CCCCCCCCCCCCC(CCCCCCCCCCCC)=C(N)CN. The van der Waals surface area contributed by atoms with Crippen LogP contribution in [0.4, 0.5) is 0 Å². The van der Waals surface area contributed by atoms with Crippen molar-refractivity contribution in [2.75, 3.05) is 6.54 Å². The predicted octanol–water partition coefficient (Wildman–Crippen LogP) is 8.78. The second-order valence-electron chi connectivity index (χ2n) is 9.20. The summed E-state index contributed by atoms with van der Waals surface area (Å²) in [5, 5.41) is 0. The molecule has 0 aromatic heterocycles. The number of unbranched alkanes of at least 4 members (excludes halogenated alkanes) is 18. The Hall–Kier alpha value is -0.500. The molecule has 0 aliphatic rings. The molecule has 0 aliphatic carbocycles. The standard InChI is InChI=1S/C27H56N2/c1-3-5-7-9-11-13-15-17-19-21-23-26(27(29)25-28)24-22-20-18-16-14-12-10-8-6-4-2/h3-25,28-29H2,1-2H3. The predicted molar refractivity (Wildman–Crippen MR) is 133 cm³/mol. The van der Waals surface area contributed by atoms with E-state index in [1.54, 1.807) is 0 Å². The summed E-state index contributed by atoms with van der Waals surface area (Å²) in [6.45, 7) is 5.11. The molecule has 0 saturated carbocycles. The highest BCUT2D eigenvalue weighted by molar-refractivity contribution is 5.12. The lowest BCUT2D eigenvalue weighted by molar-refractivity contribution is 0.545. The van der Waals surface area contributed by atoms with E-state index in [-0.39, 0.29) is 0 Å². The Morgan fingerprint density at radius 2 is 0.724 bits per heavy atom. The summed E-state index contributed by atoms with van der Waals surface area (Å²) in [4.78, 5) is 0. The number of nitrogens with two attached hydrogens (primary N) is 2. The summed E-state index contributed by atoms with van der Waals surface area (Å²) in [5.41, 5.74) is 14.5. The van der Waals surface area contributed by atoms with Crippen LogP contribution in [0.25, 0.3) is 0 Å². The maximum Gasteiger partial charge on any atom is 0.0326 e. The van der Waals surface area contributed by atoms with E-state index < -0.39 is 0 Å². The van der Waals surface area contributed by atoms with Crippen LogP contribution in [0.15, 0.2) is 11.3 Å². The van der Waals surface area contributed by atoms with Crippen molar-refractivity contribution >= 4 is 0 Å². The molecule has 2 nitrogen and oxygen atoms in total. The van der Waals surface area contributed by atoms with Gasteiger partial charge in [-0.25, -0.2) is 0 Å². The van der Waals surface area contributed by atoms with E-state index in [1.165, 1.54) is 147 Å². The Labute approximate surface area is 184 Å². The highest BCUT2D eigenvalue weighted by Gasteiger charge is 2.04. The first-order chi connectivity index (χ1) is 14.3. The van der Waals surface area contributed by atoms with Crippen LogP contribution in [0.3, 0.4) is 0 Å². The molecule has 0 spiro atoms. The topological polar surface area (TPSA) is 52.0 Å². The maximum atomic E-state index is 6.21. The molecule has 0 aromatic rings. The average molecular weight is 409 g/mol. The molecular formula is C27H56N2. The van der Waals surface area contributed by atoms with Crippen molar-refractivity contribution in [3.63, 3.8) is 0 Å². The van der Waals surface area contributed by atoms with Gasteiger partial charge in [-0.05, 0) is 25.7 Å². The van der Waals surface area contributed by atoms with Gasteiger partial charge in [0.25, 0.3) is 0 Å². The van der Waals surface area contributed by atoms with Gasteiger partial charge in [-0.1, -0.05) is 135 Å². The summed E-state index contributed by atoms with van der Waals surface area (Å²) >= 11 is 0. The average Bonchev–Trinajstić information content (AvgIpc) is 2.74. The molecule has 2 heteroatoms. The Bertz CT molecular complexity index is 322. The first-order valence-corrected chi connectivity index (χ1v) is 13.4. The van der Waals surface area contributed by atoms with Gasteiger partial charge in [0.1, 0.15) is 0 Å². The van der Waals surface area contributed by atoms with E-state index in [1.807, 2.05) is 0 Å². The van der Waals surface area contributed by atoms with E-state index in [0.717, 1.165) is 5.70 Å². The molecule has 4 N–H and O–H groups in total. The largest absolute Gasteiger partial charge is 0.401 e. The molecular weight excluding hydrogens is 352 g/mol. The third kappa shape index (κ3) is 20.5. The minimum atomic E-state index is 0.533. The van der Waals surface area contributed by atoms with E-state index in [0.29, 0.717) is 6.54 Å². The third-order valence-electron chi connectivity index (χ3n) is 6.34. The zero-order valence-corrected chi connectivity index (χ0v) is 20.4. The molecule has 0 saturated heterocycles. The molecule has 174 valence electrons. The van der Waals surface area contributed by atoms with Crippen LogP contribution in [-0.4, -0.2) is 6.54 Å². The van der Waals surface area contributed by atoms with Gasteiger partial charge in [-0.15, -0.1) is 0 Å². The summed E-state index contributed by atoms with van der Waals surface area (Å²) in [5.74, 6) is 0. The van der Waals surface area contributed by atoms with Crippen LogP contribution in [0.2, 0.25) is 0 Å². The van der Waals surface area contributed by atoms with E-state index in [4.69, 9.17) is 11.5 Å². The van der Waals surface area contributed by atoms with Gasteiger partial charge in [0, 0.05) is 12.2 Å². The van der Waals surface area contributed by atoms with Crippen molar-refractivity contribution in [1.82, 2.24) is 0 Å². The minimum absolute atomic E-state index is 0.533. The second kappa shape index (κ2) is 23.8. The Balaban J connectivity index is 3.64. The van der Waals surface area contributed by atoms with Gasteiger partial charge < -0.3 is 11.5 Å². The van der Waals surface area contributed by atoms with E-state index in [9.17, 15) is 0 Å².